The van der Waals surface area contributed by atoms with Crippen molar-refractivity contribution in [3.8, 4) is 0 Å². The van der Waals surface area contributed by atoms with Crippen molar-refractivity contribution in [2.75, 3.05) is 11.4 Å². The van der Waals surface area contributed by atoms with E-state index in [1.54, 1.807) is 12.1 Å². The third-order valence-electron chi connectivity index (χ3n) is 2.97. The van der Waals surface area contributed by atoms with E-state index in [1.807, 2.05) is 6.92 Å². The molecule has 17 heavy (non-hydrogen) atoms. The number of hydrogen-bond donors (Lipinski definition) is 1. The fourth-order valence-electron chi connectivity index (χ4n) is 1.96. The molecular formula is C12H14BrFN2S. The van der Waals surface area contributed by atoms with Crippen molar-refractivity contribution in [3.63, 3.8) is 0 Å². The van der Waals surface area contributed by atoms with E-state index in [2.05, 4.69) is 20.8 Å². The van der Waals surface area contributed by atoms with Gasteiger partial charge in [0.1, 0.15) is 4.99 Å². The van der Waals surface area contributed by atoms with Crippen LogP contribution in [-0.4, -0.2) is 17.6 Å². The highest BCUT2D eigenvalue weighted by Gasteiger charge is 2.30. The predicted octanol–water partition coefficient (Wildman–Crippen LogP) is 3.21. The van der Waals surface area contributed by atoms with Gasteiger partial charge >= 0.3 is 0 Å². The highest BCUT2D eigenvalue weighted by molar-refractivity contribution is 9.10. The van der Waals surface area contributed by atoms with E-state index in [-0.39, 0.29) is 10.8 Å². The summed E-state index contributed by atoms with van der Waals surface area (Å²) < 4.78 is 14.6. The SMILES string of the molecule is CCN(c1ccc(C(N)=S)c(Br)c1F)C1CC1. The van der Waals surface area contributed by atoms with Gasteiger partial charge < -0.3 is 10.6 Å². The van der Waals surface area contributed by atoms with Gasteiger partial charge in [-0.3, -0.25) is 0 Å². The molecule has 0 radical (unpaired) electrons. The van der Waals surface area contributed by atoms with Crippen LogP contribution in [-0.2, 0) is 0 Å². The molecule has 1 fully saturated rings. The molecular weight excluding hydrogens is 303 g/mol. The van der Waals surface area contributed by atoms with E-state index in [9.17, 15) is 4.39 Å². The zero-order chi connectivity index (χ0) is 12.6. The van der Waals surface area contributed by atoms with Crippen molar-refractivity contribution in [1.82, 2.24) is 0 Å². The maximum absolute atomic E-state index is 14.2. The third kappa shape index (κ3) is 2.45. The molecule has 1 aliphatic rings. The van der Waals surface area contributed by atoms with E-state index >= 15 is 0 Å². The summed E-state index contributed by atoms with van der Waals surface area (Å²) >= 11 is 8.11. The second-order valence-electron chi connectivity index (χ2n) is 4.14. The lowest BCUT2D eigenvalue weighted by Gasteiger charge is -2.24. The number of nitrogens with zero attached hydrogens (tertiary/aromatic N) is 1. The second-order valence-corrected chi connectivity index (χ2v) is 5.37. The molecule has 0 spiro atoms. The molecule has 5 heteroatoms. The van der Waals surface area contributed by atoms with Crippen molar-refractivity contribution >= 4 is 38.8 Å². The summed E-state index contributed by atoms with van der Waals surface area (Å²) in [6.07, 6.45) is 2.28. The molecule has 1 saturated carbocycles. The maximum Gasteiger partial charge on any atom is 0.161 e. The summed E-state index contributed by atoms with van der Waals surface area (Å²) in [4.78, 5) is 2.29. The van der Waals surface area contributed by atoms with Crippen LogP contribution < -0.4 is 10.6 Å². The van der Waals surface area contributed by atoms with Gasteiger partial charge in [0.05, 0.1) is 10.2 Å². The van der Waals surface area contributed by atoms with Gasteiger partial charge in [0.15, 0.2) is 5.82 Å². The molecule has 2 nitrogen and oxygen atoms in total. The summed E-state index contributed by atoms with van der Waals surface area (Å²) in [6.45, 7) is 2.84. The summed E-state index contributed by atoms with van der Waals surface area (Å²) in [7, 11) is 0. The summed E-state index contributed by atoms with van der Waals surface area (Å²) in [5.41, 5.74) is 6.71. The molecule has 0 saturated heterocycles. The molecule has 0 atom stereocenters. The largest absolute Gasteiger partial charge is 0.389 e. The summed E-state index contributed by atoms with van der Waals surface area (Å²) in [6, 6.07) is 4.02. The number of anilines is 1. The lowest BCUT2D eigenvalue weighted by molar-refractivity contribution is 0.611. The Hall–Kier alpha value is -0.680. The van der Waals surface area contributed by atoms with Crippen molar-refractivity contribution in [2.45, 2.75) is 25.8 Å². The molecule has 0 bridgehead atoms. The first-order valence-electron chi connectivity index (χ1n) is 5.60. The number of halogens is 2. The standard InChI is InChI=1S/C12H14BrFN2S/c1-2-16(7-3-4-7)9-6-5-8(12(15)17)10(13)11(9)14/h5-7H,2-4H2,1H3,(H2,15,17). The molecule has 2 N–H and O–H groups in total. The lowest BCUT2D eigenvalue weighted by Crippen LogP contribution is -2.26. The van der Waals surface area contributed by atoms with Crippen LogP contribution in [0.4, 0.5) is 10.1 Å². The van der Waals surface area contributed by atoms with Gasteiger partial charge in [-0.25, -0.2) is 4.39 Å². The van der Waals surface area contributed by atoms with Crippen LogP contribution in [0.2, 0.25) is 0 Å². The van der Waals surface area contributed by atoms with Gasteiger partial charge in [0.25, 0.3) is 0 Å². The number of nitrogens with two attached hydrogens (primary N) is 1. The number of rotatable bonds is 4. The average molecular weight is 317 g/mol. The highest BCUT2D eigenvalue weighted by atomic mass is 79.9. The number of hydrogen-bond acceptors (Lipinski definition) is 2. The van der Waals surface area contributed by atoms with Crippen LogP contribution in [0.1, 0.15) is 25.3 Å². The van der Waals surface area contributed by atoms with E-state index in [4.69, 9.17) is 18.0 Å². The predicted molar refractivity (Wildman–Crippen MR) is 76.0 cm³/mol. The topological polar surface area (TPSA) is 29.3 Å². The van der Waals surface area contributed by atoms with Crippen LogP contribution in [0.15, 0.2) is 16.6 Å². The molecule has 1 aromatic carbocycles. The van der Waals surface area contributed by atoms with Crippen LogP contribution in [0.5, 0.6) is 0 Å². The van der Waals surface area contributed by atoms with Gasteiger partial charge in [0.2, 0.25) is 0 Å². The van der Waals surface area contributed by atoms with Crippen LogP contribution in [0.3, 0.4) is 0 Å². The monoisotopic (exact) mass is 316 g/mol. The van der Waals surface area contributed by atoms with Gasteiger partial charge in [-0.05, 0) is 47.8 Å². The van der Waals surface area contributed by atoms with Crippen molar-refractivity contribution in [2.24, 2.45) is 5.73 Å². The summed E-state index contributed by atoms with van der Waals surface area (Å²) in [5.74, 6) is -0.274. The van der Waals surface area contributed by atoms with Gasteiger partial charge in [-0.1, -0.05) is 12.2 Å². The Morgan fingerprint density at radius 3 is 2.71 bits per heavy atom. The molecule has 92 valence electrons. The fourth-order valence-corrected chi connectivity index (χ4v) is 2.81. The van der Waals surface area contributed by atoms with Crippen LogP contribution in [0.25, 0.3) is 0 Å². The van der Waals surface area contributed by atoms with E-state index < -0.39 is 0 Å². The van der Waals surface area contributed by atoms with E-state index in [1.165, 1.54) is 0 Å². The molecule has 0 aromatic heterocycles. The lowest BCUT2D eigenvalue weighted by atomic mass is 10.1. The Morgan fingerprint density at radius 1 is 1.59 bits per heavy atom. The zero-order valence-corrected chi connectivity index (χ0v) is 11.9. The molecule has 0 aliphatic heterocycles. The Labute approximate surface area is 114 Å². The van der Waals surface area contributed by atoms with Crippen LogP contribution >= 0.6 is 28.1 Å². The number of benzene rings is 1. The van der Waals surface area contributed by atoms with E-state index in [0.717, 1.165) is 19.4 Å². The first-order valence-corrected chi connectivity index (χ1v) is 6.80. The van der Waals surface area contributed by atoms with Crippen molar-refractivity contribution in [3.05, 3.63) is 28.0 Å². The van der Waals surface area contributed by atoms with Gasteiger partial charge in [0, 0.05) is 18.2 Å². The molecule has 0 heterocycles. The Bertz CT molecular complexity index is 460. The van der Waals surface area contributed by atoms with Gasteiger partial charge in [-0.15, -0.1) is 0 Å². The van der Waals surface area contributed by atoms with Gasteiger partial charge in [-0.2, -0.15) is 0 Å². The molecule has 2 rings (SSSR count). The normalized spacial score (nSPS) is 14.8. The first-order chi connectivity index (χ1) is 8.06. The highest BCUT2D eigenvalue weighted by Crippen LogP contribution is 2.36. The smallest absolute Gasteiger partial charge is 0.161 e. The first kappa shape index (κ1) is 12.8. The fraction of sp³-hybridized carbons (Fsp3) is 0.417. The van der Waals surface area contributed by atoms with Crippen molar-refractivity contribution in [1.29, 1.82) is 0 Å². The maximum atomic E-state index is 14.2. The minimum Gasteiger partial charge on any atom is -0.389 e. The molecule has 1 aromatic rings. The van der Waals surface area contributed by atoms with Crippen LogP contribution in [0, 0.1) is 5.82 Å². The Balaban J connectivity index is 2.42. The molecule has 0 amide bonds. The number of thiocarbonyl (C=S) groups is 1. The second kappa shape index (κ2) is 4.90. The quantitative estimate of drug-likeness (QED) is 0.865. The molecule has 0 unspecified atom stereocenters. The minimum absolute atomic E-state index is 0.205. The molecule has 1 aliphatic carbocycles. The van der Waals surface area contributed by atoms with Crippen molar-refractivity contribution < 1.29 is 4.39 Å². The average Bonchev–Trinajstić information content (AvgIpc) is 3.09. The van der Waals surface area contributed by atoms with E-state index in [0.29, 0.717) is 21.8 Å². The Kier molecular flexibility index (Phi) is 3.68. The Morgan fingerprint density at radius 2 is 2.24 bits per heavy atom. The zero-order valence-electron chi connectivity index (χ0n) is 9.54. The summed E-state index contributed by atoms with van der Waals surface area (Å²) in [5, 5.41) is 0. The minimum atomic E-state index is -0.274. The third-order valence-corrected chi connectivity index (χ3v) is 3.96.